The van der Waals surface area contributed by atoms with Crippen molar-refractivity contribution in [3.8, 4) is 5.75 Å². The Hall–Kier alpha value is -1.60. The summed E-state index contributed by atoms with van der Waals surface area (Å²) in [6.07, 6.45) is 0. The molecule has 0 saturated heterocycles. The van der Waals surface area contributed by atoms with Gasteiger partial charge >= 0.3 is 0 Å². The summed E-state index contributed by atoms with van der Waals surface area (Å²) in [6, 6.07) is 14.2. The highest BCUT2D eigenvalue weighted by Crippen LogP contribution is 2.19. The average Bonchev–Trinajstić information content (AvgIpc) is 2.47. The smallest absolute Gasteiger partial charge is 0.255 e. The molecule has 0 aliphatic heterocycles. The fraction of sp³-hybridized carbons (Fsp3) is 0.133. The maximum absolute atomic E-state index is 12.0. The number of hydrogen-bond donors (Lipinski definition) is 3. The molecule has 0 aliphatic rings. The number of halogens is 1. The van der Waals surface area contributed by atoms with Gasteiger partial charge in [0, 0.05) is 16.2 Å². The van der Waals surface area contributed by atoms with Gasteiger partial charge in [-0.05, 0) is 46.4 Å². The third-order valence-electron chi connectivity index (χ3n) is 2.91. The summed E-state index contributed by atoms with van der Waals surface area (Å²) in [5.41, 5.74) is 7.23. The Kier molecular flexibility index (Phi) is 4.97. The molecule has 0 aromatic heterocycles. The minimum atomic E-state index is -0.326. The Balaban J connectivity index is 2.00. The van der Waals surface area contributed by atoms with Crippen molar-refractivity contribution >= 4 is 28.5 Å². The first-order valence-electron chi connectivity index (χ1n) is 6.15. The number of benzene rings is 2. The van der Waals surface area contributed by atoms with Gasteiger partial charge in [-0.25, -0.2) is 0 Å². The van der Waals surface area contributed by atoms with Crippen LogP contribution >= 0.6 is 22.6 Å². The summed E-state index contributed by atoms with van der Waals surface area (Å²) >= 11 is 2.09. The molecule has 2 aromatic rings. The van der Waals surface area contributed by atoms with Crippen LogP contribution in [0.4, 0.5) is 0 Å². The van der Waals surface area contributed by atoms with Crippen molar-refractivity contribution in [1.82, 2.24) is 5.32 Å². The van der Waals surface area contributed by atoms with Crippen molar-refractivity contribution in [1.29, 1.82) is 0 Å². The third kappa shape index (κ3) is 3.71. The van der Waals surface area contributed by atoms with Crippen LogP contribution in [0.15, 0.2) is 48.5 Å². The van der Waals surface area contributed by atoms with E-state index in [4.69, 9.17) is 5.73 Å². The first-order valence-corrected chi connectivity index (χ1v) is 7.23. The maximum Gasteiger partial charge on any atom is 0.255 e. The van der Waals surface area contributed by atoms with E-state index in [-0.39, 0.29) is 23.3 Å². The van der Waals surface area contributed by atoms with Crippen LogP contribution in [0, 0.1) is 3.57 Å². The van der Waals surface area contributed by atoms with E-state index in [0.29, 0.717) is 6.54 Å². The van der Waals surface area contributed by atoms with E-state index in [1.807, 2.05) is 30.3 Å². The Morgan fingerprint density at radius 1 is 1.25 bits per heavy atom. The topological polar surface area (TPSA) is 75.3 Å². The molecule has 0 bridgehead atoms. The van der Waals surface area contributed by atoms with Crippen molar-refractivity contribution in [3.05, 3.63) is 63.2 Å². The summed E-state index contributed by atoms with van der Waals surface area (Å²) in [5.74, 6) is -0.358. The molecule has 20 heavy (non-hydrogen) atoms. The fourth-order valence-electron chi connectivity index (χ4n) is 1.81. The quantitative estimate of drug-likeness (QED) is 0.711. The molecule has 2 aromatic carbocycles. The van der Waals surface area contributed by atoms with Crippen LogP contribution < -0.4 is 11.1 Å². The van der Waals surface area contributed by atoms with Crippen molar-refractivity contribution in [2.75, 3.05) is 6.54 Å². The Bertz CT molecular complexity index is 602. The van der Waals surface area contributed by atoms with Crippen molar-refractivity contribution in [2.24, 2.45) is 5.73 Å². The lowest BCUT2D eigenvalue weighted by atomic mass is 10.1. The monoisotopic (exact) mass is 382 g/mol. The number of nitrogens with two attached hydrogens (primary N) is 1. The van der Waals surface area contributed by atoms with E-state index in [1.54, 1.807) is 12.1 Å². The van der Waals surface area contributed by atoms with Crippen LogP contribution in [-0.2, 0) is 0 Å². The van der Waals surface area contributed by atoms with E-state index in [0.717, 1.165) is 9.13 Å². The van der Waals surface area contributed by atoms with Crippen LogP contribution in [0.25, 0.3) is 0 Å². The molecular weight excluding hydrogens is 367 g/mol. The van der Waals surface area contributed by atoms with Gasteiger partial charge in [0.15, 0.2) is 0 Å². The SMILES string of the molecule is NC(CNC(=O)c1cc(I)ccc1O)c1ccccc1. The molecule has 5 heteroatoms. The number of phenols is 1. The molecule has 0 radical (unpaired) electrons. The highest BCUT2D eigenvalue weighted by atomic mass is 127. The second-order valence-electron chi connectivity index (χ2n) is 4.39. The number of carbonyl (C=O) groups excluding carboxylic acids is 1. The lowest BCUT2D eigenvalue weighted by Gasteiger charge is -2.13. The van der Waals surface area contributed by atoms with E-state index in [1.165, 1.54) is 6.07 Å². The lowest BCUT2D eigenvalue weighted by Crippen LogP contribution is -2.32. The van der Waals surface area contributed by atoms with Crippen molar-refractivity contribution in [3.63, 3.8) is 0 Å². The molecule has 0 fully saturated rings. The molecular formula is C15H15IN2O2. The number of phenolic OH excluding ortho intramolecular Hbond substituents is 1. The van der Waals surface area contributed by atoms with E-state index in [2.05, 4.69) is 27.9 Å². The highest BCUT2D eigenvalue weighted by Gasteiger charge is 2.13. The van der Waals surface area contributed by atoms with E-state index < -0.39 is 0 Å². The molecule has 0 saturated carbocycles. The standard InChI is InChI=1S/C15H15IN2O2/c16-11-6-7-14(19)12(8-11)15(20)18-9-13(17)10-4-2-1-3-5-10/h1-8,13,19H,9,17H2,(H,18,20). The van der Waals surface area contributed by atoms with Gasteiger partial charge in [-0.3, -0.25) is 4.79 Å². The number of nitrogens with one attached hydrogen (secondary N) is 1. The Morgan fingerprint density at radius 3 is 2.65 bits per heavy atom. The van der Waals surface area contributed by atoms with Crippen LogP contribution in [0.1, 0.15) is 22.0 Å². The number of amides is 1. The van der Waals surface area contributed by atoms with Gasteiger partial charge in [0.1, 0.15) is 5.75 Å². The Labute approximate surface area is 131 Å². The summed E-state index contributed by atoms with van der Waals surface area (Å²) in [6.45, 7) is 0.313. The second kappa shape index (κ2) is 6.71. The zero-order chi connectivity index (χ0) is 14.5. The molecule has 1 unspecified atom stereocenters. The van der Waals surface area contributed by atoms with Gasteiger partial charge in [-0.2, -0.15) is 0 Å². The van der Waals surface area contributed by atoms with Crippen molar-refractivity contribution < 1.29 is 9.90 Å². The number of hydrogen-bond acceptors (Lipinski definition) is 3. The number of carbonyl (C=O) groups is 1. The van der Waals surface area contributed by atoms with Crippen LogP contribution in [0.2, 0.25) is 0 Å². The summed E-state index contributed by atoms with van der Waals surface area (Å²) < 4.78 is 0.887. The fourth-order valence-corrected chi connectivity index (χ4v) is 2.30. The molecule has 4 nitrogen and oxygen atoms in total. The predicted octanol–water partition coefficient (Wildman–Crippen LogP) is 2.43. The van der Waals surface area contributed by atoms with Crippen LogP contribution in [0.3, 0.4) is 0 Å². The van der Waals surface area contributed by atoms with Gasteiger partial charge < -0.3 is 16.2 Å². The predicted molar refractivity (Wildman–Crippen MR) is 86.5 cm³/mol. The first kappa shape index (κ1) is 14.8. The Morgan fingerprint density at radius 2 is 1.95 bits per heavy atom. The van der Waals surface area contributed by atoms with Crippen LogP contribution in [0.5, 0.6) is 5.75 Å². The zero-order valence-corrected chi connectivity index (χ0v) is 12.9. The number of aromatic hydroxyl groups is 1. The summed E-state index contributed by atoms with van der Waals surface area (Å²) in [4.78, 5) is 12.0. The summed E-state index contributed by atoms with van der Waals surface area (Å²) in [7, 11) is 0. The van der Waals surface area contributed by atoms with Gasteiger partial charge in [0.25, 0.3) is 5.91 Å². The zero-order valence-electron chi connectivity index (χ0n) is 10.7. The molecule has 0 heterocycles. The molecule has 2 rings (SSSR count). The first-order chi connectivity index (χ1) is 9.58. The van der Waals surface area contributed by atoms with Gasteiger partial charge in [0.05, 0.1) is 5.56 Å². The molecule has 0 spiro atoms. The largest absolute Gasteiger partial charge is 0.507 e. The van der Waals surface area contributed by atoms with Gasteiger partial charge in [0.2, 0.25) is 0 Å². The molecule has 4 N–H and O–H groups in total. The minimum Gasteiger partial charge on any atom is -0.507 e. The minimum absolute atomic E-state index is 0.0313. The number of rotatable bonds is 4. The van der Waals surface area contributed by atoms with Gasteiger partial charge in [-0.1, -0.05) is 30.3 Å². The average molecular weight is 382 g/mol. The van der Waals surface area contributed by atoms with Crippen LogP contribution in [-0.4, -0.2) is 17.6 Å². The molecule has 1 amide bonds. The van der Waals surface area contributed by atoms with E-state index >= 15 is 0 Å². The molecule has 1 atom stereocenters. The molecule has 104 valence electrons. The van der Waals surface area contributed by atoms with E-state index in [9.17, 15) is 9.90 Å². The van der Waals surface area contributed by atoms with Crippen molar-refractivity contribution in [2.45, 2.75) is 6.04 Å². The normalized spacial score (nSPS) is 11.9. The lowest BCUT2D eigenvalue weighted by molar-refractivity contribution is 0.0948. The van der Waals surface area contributed by atoms with Gasteiger partial charge in [-0.15, -0.1) is 0 Å². The maximum atomic E-state index is 12.0. The molecule has 0 aliphatic carbocycles. The summed E-state index contributed by atoms with van der Waals surface area (Å²) in [5, 5.41) is 12.4. The highest BCUT2D eigenvalue weighted by molar-refractivity contribution is 14.1. The third-order valence-corrected chi connectivity index (χ3v) is 3.58. The second-order valence-corrected chi connectivity index (χ2v) is 5.63.